The maximum absolute atomic E-state index is 7.46. The Hall–Kier alpha value is -3.02. The van der Waals surface area contributed by atoms with Crippen molar-refractivity contribution < 1.29 is 9.47 Å². The van der Waals surface area contributed by atoms with Crippen LogP contribution in [0.25, 0.3) is 0 Å². The van der Waals surface area contributed by atoms with Gasteiger partial charge in [0.15, 0.2) is 0 Å². The van der Waals surface area contributed by atoms with Crippen LogP contribution in [0.3, 0.4) is 0 Å². The minimum absolute atomic E-state index is 0.0671. The SMILES string of the molecule is N=C(N)c1cccc(OCCCCCCCCCCCOc2cccc(C(=N)N)c2)c1. The van der Waals surface area contributed by atoms with Crippen LogP contribution in [0.15, 0.2) is 48.5 Å². The molecule has 31 heavy (non-hydrogen) atoms. The number of ether oxygens (including phenoxy) is 2. The zero-order valence-electron chi connectivity index (χ0n) is 18.4. The summed E-state index contributed by atoms with van der Waals surface area (Å²) in [6, 6.07) is 14.8. The minimum atomic E-state index is 0.0671. The zero-order chi connectivity index (χ0) is 22.3. The van der Waals surface area contributed by atoms with E-state index in [4.69, 9.17) is 31.8 Å². The van der Waals surface area contributed by atoms with Crippen LogP contribution in [0.5, 0.6) is 11.5 Å². The molecule has 6 heteroatoms. The maximum Gasteiger partial charge on any atom is 0.122 e. The second-order valence-electron chi connectivity index (χ2n) is 7.76. The van der Waals surface area contributed by atoms with E-state index in [0.717, 1.165) is 24.3 Å². The molecule has 0 saturated carbocycles. The molecule has 0 aromatic heterocycles. The lowest BCUT2D eigenvalue weighted by Gasteiger charge is -2.08. The number of hydrogen-bond acceptors (Lipinski definition) is 4. The molecule has 0 aliphatic heterocycles. The van der Waals surface area contributed by atoms with E-state index in [2.05, 4.69) is 0 Å². The molecule has 0 aliphatic rings. The maximum atomic E-state index is 7.46. The number of rotatable bonds is 16. The van der Waals surface area contributed by atoms with Crippen molar-refractivity contribution in [1.29, 1.82) is 10.8 Å². The first-order valence-corrected chi connectivity index (χ1v) is 11.2. The van der Waals surface area contributed by atoms with E-state index in [1.54, 1.807) is 0 Å². The lowest BCUT2D eigenvalue weighted by atomic mass is 10.1. The molecule has 0 bridgehead atoms. The zero-order valence-corrected chi connectivity index (χ0v) is 18.4. The van der Waals surface area contributed by atoms with Gasteiger partial charge in [-0.2, -0.15) is 0 Å². The Bertz CT molecular complexity index is 755. The number of nitrogens with two attached hydrogens (primary N) is 2. The molecule has 0 saturated heterocycles. The van der Waals surface area contributed by atoms with E-state index in [-0.39, 0.29) is 11.7 Å². The highest BCUT2D eigenvalue weighted by Crippen LogP contribution is 2.16. The standard InChI is InChI=1S/C25H36N4O2/c26-24(27)20-12-10-14-22(18-20)30-16-8-6-4-2-1-3-5-7-9-17-31-23-15-11-13-21(19-23)25(28)29/h10-15,18-19H,1-9,16-17H2,(H3,26,27)(H3,28,29). The average molecular weight is 425 g/mol. The van der Waals surface area contributed by atoms with Crippen molar-refractivity contribution in [2.24, 2.45) is 11.5 Å². The third kappa shape index (κ3) is 10.0. The van der Waals surface area contributed by atoms with Crippen molar-refractivity contribution >= 4 is 11.7 Å². The van der Waals surface area contributed by atoms with Crippen LogP contribution in [0.2, 0.25) is 0 Å². The van der Waals surface area contributed by atoms with Gasteiger partial charge < -0.3 is 20.9 Å². The molecule has 0 spiro atoms. The van der Waals surface area contributed by atoms with Gasteiger partial charge in [0.2, 0.25) is 0 Å². The van der Waals surface area contributed by atoms with Gasteiger partial charge in [0, 0.05) is 11.1 Å². The monoisotopic (exact) mass is 424 g/mol. The number of nitrogens with one attached hydrogen (secondary N) is 2. The van der Waals surface area contributed by atoms with Crippen molar-refractivity contribution in [3.63, 3.8) is 0 Å². The van der Waals surface area contributed by atoms with Gasteiger partial charge in [-0.3, -0.25) is 10.8 Å². The summed E-state index contributed by atoms with van der Waals surface area (Å²) in [4.78, 5) is 0. The summed E-state index contributed by atoms with van der Waals surface area (Å²) >= 11 is 0. The largest absolute Gasteiger partial charge is 0.494 e. The van der Waals surface area contributed by atoms with Gasteiger partial charge in [0.05, 0.1) is 13.2 Å². The smallest absolute Gasteiger partial charge is 0.122 e. The molecular formula is C25H36N4O2. The lowest BCUT2D eigenvalue weighted by Crippen LogP contribution is -2.11. The lowest BCUT2D eigenvalue weighted by molar-refractivity contribution is 0.302. The van der Waals surface area contributed by atoms with Gasteiger partial charge in [-0.05, 0) is 37.1 Å². The normalized spacial score (nSPS) is 10.6. The number of amidine groups is 2. The Morgan fingerprint density at radius 1 is 0.581 bits per heavy atom. The fourth-order valence-electron chi connectivity index (χ4n) is 3.33. The Morgan fingerprint density at radius 3 is 1.29 bits per heavy atom. The summed E-state index contributed by atoms with van der Waals surface area (Å²) < 4.78 is 11.5. The van der Waals surface area contributed by atoms with Crippen LogP contribution in [0, 0.1) is 10.8 Å². The molecule has 2 aromatic carbocycles. The summed E-state index contributed by atoms with van der Waals surface area (Å²) in [5, 5.41) is 14.9. The van der Waals surface area contributed by atoms with Crippen LogP contribution in [0.1, 0.15) is 68.9 Å². The van der Waals surface area contributed by atoms with Crippen molar-refractivity contribution in [3.05, 3.63) is 59.7 Å². The van der Waals surface area contributed by atoms with Gasteiger partial charge >= 0.3 is 0 Å². The second-order valence-corrected chi connectivity index (χ2v) is 7.76. The Morgan fingerprint density at radius 2 is 0.935 bits per heavy atom. The predicted octanol–water partition coefficient (Wildman–Crippen LogP) is 5.22. The van der Waals surface area contributed by atoms with Crippen LogP contribution in [-0.4, -0.2) is 24.9 Å². The molecule has 0 heterocycles. The van der Waals surface area contributed by atoms with Crippen LogP contribution < -0.4 is 20.9 Å². The molecule has 0 aliphatic carbocycles. The first-order valence-electron chi connectivity index (χ1n) is 11.2. The highest BCUT2D eigenvalue weighted by atomic mass is 16.5. The van der Waals surface area contributed by atoms with Gasteiger partial charge in [0.25, 0.3) is 0 Å². The minimum Gasteiger partial charge on any atom is -0.494 e. The summed E-state index contributed by atoms with van der Waals surface area (Å²) in [5.74, 6) is 1.70. The fraction of sp³-hybridized carbons (Fsp3) is 0.440. The first-order chi connectivity index (χ1) is 15.1. The molecule has 0 unspecified atom stereocenters. The first kappa shape index (κ1) is 24.3. The van der Waals surface area contributed by atoms with Crippen LogP contribution in [0.4, 0.5) is 0 Å². The Labute approximate surface area is 186 Å². The van der Waals surface area contributed by atoms with Crippen LogP contribution in [-0.2, 0) is 0 Å². The van der Waals surface area contributed by atoms with E-state index < -0.39 is 0 Å². The van der Waals surface area contributed by atoms with Crippen molar-refractivity contribution in [3.8, 4) is 11.5 Å². The van der Waals surface area contributed by atoms with E-state index in [1.165, 1.54) is 44.9 Å². The molecule has 0 amide bonds. The number of unbranched alkanes of at least 4 members (excludes halogenated alkanes) is 8. The van der Waals surface area contributed by atoms with Crippen molar-refractivity contribution in [2.45, 2.75) is 57.8 Å². The third-order valence-electron chi connectivity index (χ3n) is 5.12. The molecule has 2 rings (SSSR count). The highest BCUT2D eigenvalue weighted by molar-refractivity contribution is 5.95. The average Bonchev–Trinajstić information content (AvgIpc) is 2.77. The summed E-state index contributed by atoms with van der Waals surface area (Å²) in [6.07, 6.45) is 10.8. The van der Waals surface area contributed by atoms with Gasteiger partial charge in [-0.25, -0.2) is 0 Å². The molecule has 0 atom stereocenters. The third-order valence-corrected chi connectivity index (χ3v) is 5.12. The Balaban J connectivity index is 1.40. The second kappa shape index (κ2) is 14.1. The molecule has 0 radical (unpaired) electrons. The van der Waals surface area contributed by atoms with E-state index in [0.29, 0.717) is 24.3 Å². The molecule has 6 nitrogen and oxygen atoms in total. The highest BCUT2D eigenvalue weighted by Gasteiger charge is 2.01. The molecule has 0 fully saturated rings. The van der Waals surface area contributed by atoms with Gasteiger partial charge in [-0.15, -0.1) is 0 Å². The fourth-order valence-corrected chi connectivity index (χ4v) is 3.33. The molecule has 2 aromatic rings. The van der Waals surface area contributed by atoms with E-state index in [1.807, 2.05) is 48.5 Å². The van der Waals surface area contributed by atoms with Gasteiger partial charge in [-0.1, -0.05) is 69.2 Å². The topological polar surface area (TPSA) is 118 Å². The number of nitrogen functional groups attached to an aromatic ring is 2. The summed E-state index contributed by atoms with van der Waals surface area (Å²) in [5.41, 5.74) is 12.4. The van der Waals surface area contributed by atoms with Crippen molar-refractivity contribution in [1.82, 2.24) is 0 Å². The summed E-state index contributed by atoms with van der Waals surface area (Å²) in [7, 11) is 0. The summed E-state index contributed by atoms with van der Waals surface area (Å²) in [6.45, 7) is 1.41. The number of benzene rings is 2. The van der Waals surface area contributed by atoms with Gasteiger partial charge in [0.1, 0.15) is 23.2 Å². The predicted molar refractivity (Wildman–Crippen MR) is 127 cm³/mol. The molecular weight excluding hydrogens is 388 g/mol. The van der Waals surface area contributed by atoms with E-state index in [9.17, 15) is 0 Å². The van der Waals surface area contributed by atoms with Crippen LogP contribution >= 0.6 is 0 Å². The van der Waals surface area contributed by atoms with Crippen molar-refractivity contribution in [2.75, 3.05) is 13.2 Å². The quantitative estimate of drug-likeness (QED) is 0.168. The molecule has 6 N–H and O–H groups in total. The Kier molecular flexibility index (Phi) is 11.0. The number of hydrogen-bond donors (Lipinski definition) is 4. The molecule has 168 valence electrons. The van der Waals surface area contributed by atoms with E-state index >= 15 is 0 Å².